The summed E-state index contributed by atoms with van der Waals surface area (Å²) in [6.07, 6.45) is 0. The Hall–Kier alpha value is -1.69. The molecule has 17 heavy (non-hydrogen) atoms. The zero-order valence-corrected chi connectivity index (χ0v) is 10.7. The number of ether oxygens (including phenoxy) is 1. The van der Waals surface area contributed by atoms with E-state index in [2.05, 4.69) is 4.74 Å². The van der Waals surface area contributed by atoms with E-state index in [1.807, 2.05) is 0 Å². The Morgan fingerprint density at radius 2 is 2.00 bits per heavy atom. The first-order chi connectivity index (χ1) is 7.95. The molecule has 0 fully saturated rings. The van der Waals surface area contributed by atoms with Gasteiger partial charge < -0.3 is 15.4 Å². The number of hydrogen-bond donors (Lipinski definition) is 1. The molecule has 0 spiro atoms. The summed E-state index contributed by atoms with van der Waals surface area (Å²) in [5.74, 6) is -0.508. The Bertz CT molecular complexity index is 446. The largest absolute Gasteiger partial charge is 0.465 e. The lowest BCUT2D eigenvalue weighted by Gasteiger charge is -2.11. The Morgan fingerprint density at radius 1 is 1.35 bits per heavy atom. The third-order valence-electron chi connectivity index (χ3n) is 1.97. The van der Waals surface area contributed by atoms with Gasteiger partial charge in [-0.05, 0) is 30.0 Å². The van der Waals surface area contributed by atoms with Crippen molar-refractivity contribution in [2.75, 3.05) is 26.9 Å². The fourth-order valence-corrected chi connectivity index (χ4v) is 1.85. The highest BCUT2D eigenvalue weighted by atomic mass is 32.2. The van der Waals surface area contributed by atoms with Gasteiger partial charge in [-0.3, -0.25) is 4.79 Å². The molecular weight excluding hydrogens is 240 g/mol. The summed E-state index contributed by atoms with van der Waals surface area (Å²) in [5.41, 5.74) is 6.35. The highest BCUT2D eigenvalue weighted by molar-refractivity contribution is 8.13. The molecule has 0 atom stereocenters. The predicted molar refractivity (Wildman–Crippen MR) is 67.1 cm³/mol. The maximum absolute atomic E-state index is 11.6. The van der Waals surface area contributed by atoms with Gasteiger partial charge in [0.1, 0.15) is 0 Å². The van der Waals surface area contributed by atoms with E-state index >= 15 is 0 Å². The van der Waals surface area contributed by atoms with Crippen LogP contribution in [-0.4, -0.2) is 37.3 Å². The minimum absolute atomic E-state index is 0.167. The molecule has 0 unspecified atom stereocenters. The molecule has 1 rings (SSSR count). The molecule has 5 nitrogen and oxygen atoms in total. The van der Waals surface area contributed by atoms with Crippen LogP contribution in [0.4, 0.5) is 10.5 Å². The van der Waals surface area contributed by atoms with Gasteiger partial charge >= 0.3 is 5.97 Å². The van der Waals surface area contributed by atoms with Crippen LogP contribution < -0.4 is 5.73 Å². The van der Waals surface area contributed by atoms with E-state index in [0.717, 1.165) is 11.8 Å². The van der Waals surface area contributed by atoms with Crippen molar-refractivity contribution in [1.82, 2.24) is 4.90 Å². The Balaban J connectivity index is 3.06. The maximum atomic E-state index is 11.6. The van der Waals surface area contributed by atoms with Crippen LogP contribution in [-0.2, 0) is 4.74 Å². The van der Waals surface area contributed by atoms with Gasteiger partial charge in [0.05, 0.1) is 12.7 Å². The minimum atomic E-state index is -0.508. The van der Waals surface area contributed by atoms with Crippen LogP contribution >= 0.6 is 11.8 Å². The number of nitrogens with two attached hydrogens (primary N) is 1. The summed E-state index contributed by atoms with van der Waals surface area (Å²) in [6, 6.07) is 4.77. The lowest BCUT2D eigenvalue weighted by atomic mass is 10.2. The molecule has 0 aliphatic carbocycles. The summed E-state index contributed by atoms with van der Waals surface area (Å²) in [5, 5.41) is -0.167. The van der Waals surface area contributed by atoms with Crippen LogP contribution in [0.15, 0.2) is 23.1 Å². The minimum Gasteiger partial charge on any atom is -0.465 e. The molecule has 0 aliphatic rings. The number of thioether (sulfide) groups is 1. The summed E-state index contributed by atoms with van der Waals surface area (Å²) >= 11 is 0.961. The van der Waals surface area contributed by atoms with Crippen molar-refractivity contribution in [2.45, 2.75) is 4.90 Å². The number of hydrogen-bond acceptors (Lipinski definition) is 5. The smallest absolute Gasteiger partial charge is 0.339 e. The Morgan fingerprint density at radius 3 is 2.53 bits per heavy atom. The first kappa shape index (κ1) is 13.4. The lowest BCUT2D eigenvalue weighted by Crippen LogP contribution is -2.16. The molecule has 1 aromatic rings. The van der Waals surface area contributed by atoms with E-state index in [4.69, 9.17) is 5.73 Å². The van der Waals surface area contributed by atoms with Crippen molar-refractivity contribution < 1.29 is 14.3 Å². The van der Waals surface area contributed by atoms with E-state index in [1.165, 1.54) is 18.1 Å². The number of carbonyl (C=O) groups excluding carboxylic acids is 2. The van der Waals surface area contributed by atoms with Crippen molar-refractivity contribution >= 4 is 28.7 Å². The predicted octanol–water partition coefficient (Wildman–Crippen LogP) is 1.83. The molecule has 0 saturated carbocycles. The first-order valence-electron chi connectivity index (χ1n) is 4.82. The van der Waals surface area contributed by atoms with E-state index in [-0.39, 0.29) is 5.24 Å². The number of nitrogen functional groups attached to an aromatic ring is 1. The van der Waals surface area contributed by atoms with Crippen molar-refractivity contribution in [3.05, 3.63) is 23.8 Å². The zero-order chi connectivity index (χ0) is 13.0. The van der Waals surface area contributed by atoms with Gasteiger partial charge in [0, 0.05) is 24.7 Å². The molecule has 6 heteroatoms. The van der Waals surface area contributed by atoms with Gasteiger partial charge in [0.15, 0.2) is 0 Å². The van der Waals surface area contributed by atoms with Gasteiger partial charge in [-0.2, -0.15) is 0 Å². The number of carbonyl (C=O) groups is 2. The number of nitrogens with zero attached hydrogens (tertiary/aromatic N) is 1. The number of esters is 1. The second-order valence-corrected chi connectivity index (χ2v) is 4.50. The van der Waals surface area contributed by atoms with E-state index < -0.39 is 5.97 Å². The summed E-state index contributed by atoms with van der Waals surface area (Å²) < 4.78 is 4.64. The van der Waals surface area contributed by atoms with Gasteiger partial charge in [-0.15, -0.1) is 0 Å². The zero-order valence-electron chi connectivity index (χ0n) is 9.89. The Kier molecular flexibility index (Phi) is 4.39. The van der Waals surface area contributed by atoms with Gasteiger partial charge in [0.2, 0.25) is 0 Å². The molecule has 2 N–H and O–H groups in total. The van der Waals surface area contributed by atoms with Crippen LogP contribution in [0.5, 0.6) is 0 Å². The van der Waals surface area contributed by atoms with E-state index in [0.29, 0.717) is 16.1 Å². The average molecular weight is 254 g/mol. The van der Waals surface area contributed by atoms with Gasteiger partial charge in [-0.1, -0.05) is 0 Å². The van der Waals surface area contributed by atoms with Crippen LogP contribution in [0.25, 0.3) is 0 Å². The standard InChI is InChI=1S/C11H14N2O3S/c1-13(2)11(15)17-9-5-4-7(12)6-8(9)10(14)16-3/h4-6H,12H2,1-3H3. The molecular formula is C11H14N2O3S. The van der Waals surface area contributed by atoms with Crippen LogP contribution in [0.1, 0.15) is 10.4 Å². The summed E-state index contributed by atoms with van der Waals surface area (Å²) in [6.45, 7) is 0. The topological polar surface area (TPSA) is 72.6 Å². The highest BCUT2D eigenvalue weighted by Crippen LogP contribution is 2.27. The number of benzene rings is 1. The molecule has 0 bridgehead atoms. The Labute approximate surface area is 104 Å². The summed E-state index contributed by atoms with van der Waals surface area (Å²) in [7, 11) is 4.57. The van der Waals surface area contributed by atoms with Crippen molar-refractivity contribution in [1.29, 1.82) is 0 Å². The third-order valence-corrected chi connectivity index (χ3v) is 3.09. The third kappa shape index (κ3) is 3.39. The molecule has 0 aromatic heterocycles. The molecule has 0 radical (unpaired) electrons. The van der Waals surface area contributed by atoms with Crippen LogP contribution in [0.3, 0.4) is 0 Å². The van der Waals surface area contributed by atoms with Crippen LogP contribution in [0.2, 0.25) is 0 Å². The van der Waals surface area contributed by atoms with Crippen molar-refractivity contribution in [2.24, 2.45) is 0 Å². The monoisotopic (exact) mass is 254 g/mol. The SMILES string of the molecule is COC(=O)c1cc(N)ccc1SC(=O)N(C)C. The second-order valence-electron chi connectivity index (χ2n) is 3.51. The number of methoxy groups -OCH3 is 1. The first-order valence-corrected chi connectivity index (χ1v) is 5.64. The number of rotatable bonds is 2. The number of anilines is 1. The number of amides is 1. The molecule has 92 valence electrons. The van der Waals surface area contributed by atoms with Gasteiger partial charge in [-0.25, -0.2) is 4.79 Å². The molecule has 0 heterocycles. The summed E-state index contributed by atoms with van der Waals surface area (Å²) in [4.78, 5) is 25.1. The normalized spacial score (nSPS) is 9.82. The fraction of sp³-hybridized carbons (Fsp3) is 0.273. The van der Waals surface area contributed by atoms with Crippen molar-refractivity contribution in [3.8, 4) is 0 Å². The molecule has 1 amide bonds. The quantitative estimate of drug-likeness (QED) is 0.495. The average Bonchev–Trinajstić information content (AvgIpc) is 2.30. The molecule has 1 aromatic carbocycles. The second kappa shape index (κ2) is 5.58. The van der Waals surface area contributed by atoms with E-state index in [1.54, 1.807) is 26.2 Å². The fourth-order valence-electron chi connectivity index (χ4n) is 1.09. The van der Waals surface area contributed by atoms with Crippen molar-refractivity contribution in [3.63, 3.8) is 0 Å². The molecule has 0 saturated heterocycles. The van der Waals surface area contributed by atoms with E-state index in [9.17, 15) is 9.59 Å². The maximum Gasteiger partial charge on any atom is 0.339 e. The van der Waals surface area contributed by atoms with Crippen LogP contribution in [0, 0.1) is 0 Å². The lowest BCUT2D eigenvalue weighted by molar-refractivity contribution is 0.0597. The highest BCUT2D eigenvalue weighted by Gasteiger charge is 2.16. The van der Waals surface area contributed by atoms with Gasteiger partial charge in [0.25, 0.3) is 5.24 Å². The molecule has 0 aliphatic heterocycles.